The van der Waals surface area contributed by atoms with Crippen LogP contribution >= 0.6 is 11.8 Å². The molecule has 0 radical (unpaired) electrons. The predicted octanol–water partition coefficient (Wildman–Crippen LogP) is 6.36. The molecule has 0 aromatic rings. The first kappa shape index (κ1) is 19.0. The van der Waals surface area contributed by atoms with Crippen LogP contribution in [0.1, 0.15) is 97.8 Å². The van der Waals surface area contributed by atoms with Gasteiger partial charge in [-0.3, -0.25) is 4.79 Å². The molecule has 0 aromatic heterocycles. The largest absolute Gasteiger partial charge is 0.288 e. The highest BCUT2D eigenvalue weighted by Crippen LogP contribution is 2.24. The van der Waals surface area contributed by atoms with Crippen LogP contribution < -0.4 is 0 Å². The number of rotatable bonds is 13. The van der Waals surface area contributed by atoms with Crippen LogP contribution in [0.15, 0.2) is 0 Å². The molecule has 0 aliphatic rings. The zero-order valence-corrected chi connectivity index (χ0v) is 14.2. The average Bonchev–Trinajstić information content (AvgIpc) is 2.37. The fourth-order valence-electron chi connectivity index (χ4n) is 2.45. The molecule has 0 saturated heterocycles. The van der Waals surface area contributed by atoms with E-state index in [1.165, 1.54) is 77.0 Å². The maximum atomic E-state index is 11.3. The van der Waals surface area contributed by atoms with Gasteiger partial charge < -0.3 is 0 Å². The van der Waals surface area contributed by atoms with E-state index in [4.69, 9.17) is 0 Å². The van der Waals surface area contributed by atoms with Gasteiger partial charge in [0.1, 0.15) is 0 Å². The topological polar surface area (TPSA) is 17.1 Å². The Labute approximate surface area is 125 Å². The molecule has 0 saturated carbocycles. The first-order valence-electron chi connectivity index (χ1n) is 8.37. The molecule has 19 heavy (non-hydrogen) atoms. The Morgan fingerprint density at radius 3 is 1.68 bits per heavy atom. The van der Waals surface area contributed by atoms with E-state index in [1.54, 1.807) is 18.7 Å². The lowest BCUT2D eigenvalue weighted by Gasteiger charge is -2.14. The Bertz CT molecular complexity index is 203. The maximum absolute atomic E-state index is 11.3. The molecular weight excluding hydrogens is 252 g/mol. The third kappa shape index (κ3) is 14.2. The van der Waals surface area contributed by atoms with Crippen molar-refractivity contribution in [3.8, 4) is 0 Å². The minimum atomic E-state index is 0.298. The van der Waals surface area contributed by atoms with Gasteiger partial charge in [-0.1, -0.05) is 89.8 Å². The summed E-state index contributed by atoms with van der Waals surface area (Å²) in [5, 5.41) is 0.881. The first-order valence-corrected chi connectivity index (χ1v) is 9.25. The van der Waals surface area contributed by atoms with Crippen molar-refractivity contribution in [2.45, 2.75) is 103 Å². The third-order valence-corrected chi connectivity index (χ3v) is 4.73. The van der Waals surface area contributed by atoms with Gasteiger partial charge in [0.15, 0.2) is 5.12 Å². The molecule has 1 atom stereocenters. The van der Waals surface area contributed by atoms with Crippen molar-refractivity contribution >= 4 is 16.9 Å². The monoisotopic (exact) mass is 286 g/mol. The van der Waals surface area contributed by atoms with Gasteiger partial charge in [0.25, 0.3) is 0 Å². The number of hydrogen-bond acceptors (Lipinski definition) is 2. The minimum Gasteiger partial charge on any atom is -0.288 e. The van der Waals surface area contributed by atoms with Crippen molar-refractivity contribution in [1.82, 2.24) is 0 Å². The van der Waals surface area contributed by atoms with Crippen LogP contribution in [0.3, 0.4) is 0 Å². The molecular formula is C17H34OS. The molecule has 2 heteroatoms. The zero-order chi connectivity index (χ0) is 14.3. The predicted molar refractivity (Wildman–Crippen MR) is 88.8 cm³/mol. The van der Waals surface area contributed by atoms with Gasteiger partial charge in [0.05, 0.1) is 0 Å². The maximum Gasteiger partial charge on any atom is 0.186 e. The van der Waals surface area contributed by atoms with E-state index in [0.717, 1.165) is 0 Å². The molecule has 0 heterocycles. The Balaban J connectivity index is 3.64. The summed E-state index contributed by atoms with van der Waals surface area (Å²) in [6.07, 6.45) is 15.9. The molecule has 0 rings (SSSR count). The van der Waals surface area contributed by atoms with Crippen molar-refractivity contribution in [3.05, 3.63) is 0 Å². The van der Waals surface area contributed by atoms with E-state index in [9.17, 15) is 4.79 Å². The molecule has 0 bridgehead atoms. The van der Waals surface area contributed by atoms with Gasteiger partial charge in [-0.2, -0.15) is 0 Å². The molecule has 0 aliphatic carbocycles. The number of carbonyl (C=O) groups is 1. The average molecular weight is 287 g/mol. The normalized spacial score (nSPS) is 12.6. The van der Waals surface area contributed by atoms with Gasteiger partial charge in [0.2, 0.25) is 0 Å². The highest BCUT2D eigenvalue weighted by molar-refractivity contribution is 8.14. The van der Waals surface area contributed by atoms with E-state index in [1.807, 2.05) is 0 Å². The van der Waals surface area contributed by atoms with E-state index >= 15 is 0 Å². The third-order valence-electron chi connectivity index (χ3n) is 3.59. The highest BCUT2D eigenvalue weighted by atomic mass is 32.2. The second kappa shape index (κ2) is 14.4. The van der Waals surface area contributed by atoms with Gasteiger partial charge in [-0.15, -0.1) is 0 Å². The van der Waals surface area contributed by atoms with E-state index in [0.29, 0.717) is 10.4 Å². The minimum absolute atomic E-state index is 0.298. The van der Waals surface area contributed by atoms with Gasteiger partial charge in [-0.05, 0) is 12.8 Å². The summed E-state index contributed by atoms with van der Waals surface area (Å²) in [5.41, 5.74) is 0. The van der Waals surface area contributed by atoms with Crippen LogP contribution in [0, 0.1) is 0 Å². The number of unbranched alkanes of at least 4 members (excludes halogenated alkanes) is 8. The summed E-state index contributed by atoms with van der Waals surface area (Å²) in [4.78, 5) is 11.3. The number of hydrogen-bond donors (Lipinski definition) is 0. The summed E-state index contributed by atoms with van der Waals surface area (Å²) in [7, 11) is 0. The van der Waals surface area contributed by atoms with Gasteiger partial charge in [0, 0.05) is 12.2 Å². The Morgan fingerprint density at radius 1 is 0.789 bits per heavy atom. The Kier molecular flexibility index (Phi) is 14.4. The first-order chi connectivity index (χ1) is 9.20. The molecule has 0 N–H and O–H groups in total. The van der Waals surface area contributed by atoms with Crippen molar-refractivity contribution in [1.29, 1.82) is 0 Å². The second-order valence-corrected chi connectivity index (χ2v) is 7.11. The van der Waals surface area contributed by atoms with Crippen LogP contribution in [0.4, 0.5) is 0 Å². The number of thioether (sulfide) groups is 1. The molecule has 0 aliphatic heterocycles. The number of carbonyl (C=O) groups excluding carboxylic acids is 1. The van der Waals surface area contributed by atoms with E-state index in [2.05, 4.69) is 13.8 Å². The quantitative estimate of drug-likeness (QED) is 0.367. The Morgan fingerprint density at radius 2 is 1.21 bits per heavy atom. The van der Waals surface area contributed by atoms with Crippen LogP contribution in [0.25, 0.3) is 0 Å². The lowest BCUT2D eigenvalue weighted by Crippen LogP contribution is -2.05. The van der Waals surface area contributed by atoms with Crippen LogP contribution in [-0.2, 0) is 4.79 Å². The lowest BCUT2D eigenvalue weighted by atomic mass is 10.0. The molecule has 0 spiro atoms. The van der Waals surface area contributed by atoms with Crippen LogP contribution in [0.2, 0.25) is 0 Å². The SMILES string of the molecule is CCCCCCCCC(CCCCCC)SC(C)=O. The zero-order valence-electron chi connectivity index (χ0n) is 13.4. The Hall–Kier alpha value is 0.0200. The molecule has 0 fully saturated rings. The molecule has 0 aromatic carbocycles. The van der Waals surface area contributed by atoms with Crippen molar-refractivity contribution < 1.29 is 4.79 Å². The summed E-state index contributed by atoms with van der Waals surface area (Å²) in [6, 6.07) is 0. The standard InChI is InChI=1S/C17H34OS/c1-4-6-8-10-11-13-15-17(19-16(3)18)14-12-9-7-5-2/h17H,4-15H2,1-3H3. The second-order valence-electron chi connectivity index (χ2n) is 5.64. The summed E-state index contributed by atoms with van der Waals surface area (Å²) in [6.45, 7) is 6.22. The highest BCUT2D eigenvalue weighted by Gasteiger charge is 2.11. The fraction of sp³-hybridized carbons (Fsp3) is 0.941. The summed E-state index contributed by atoms with van der Waals surface area (Å²) < 4.78 is 0. The van der Waals surface area contributed by atoms with Crippen LogP contribution in [0.5, 0.6) is 0 Å². The smallest absolute Gasteiger partial charge is 0.186 e. The summed E-state index contributed by atoms with van der Waals surface area (Å²) >= 11 is 1.59. The van der Waals surface area contributed by atoms with Crippen molar-refractivity contribution in [3.63, 3.8) is 0 Å². The lowest BCUT2D eigenvalue weighted by molar-refractivity contribution is -0.109. The fourth-order valence-corrected chi connectivity index (χ4v) is 3.49. The summed E-state index contributed by atoms with van der Waals surface area (Å²) in [5.74, 6) is 0. The van der Waals surface area contributed by atoms with Crippen molar-refractivity contribution in [2.24, 2.45) is 0 Å². The molecule has 114 valence electrons. The van der Waals surface area contributed by atoms with Gasteiger partial charge in [-0.25, -0.2) is 0 Å². The molecule has 1 nitrogen and oxygen atoms in total. The van der Waals surface area contributed by atoms with E-state index < -0.39 is 0 Å². The van der Waals surface area contributed by atoms with Crippen molar-refractivity contribution in [2.75, 3.05) is 0 Å². The molecule has 0 amide bonds. The molecule has 1 unspecified atom stereocenters. The van der Waals surface area contributed by atoms with Crippen LogP contribution in [-0.4, -0.2) is 10.4 Å². The van der Waals surface area contributed by atoms with E-state index in [-0.39, 0.29) is 0 Å². The van der Waals surface area contributed by atoms with Gasteiger partial charge >= 0.3 is 0 Å².